The van der Waals surface area contributed by atoms with Crippen LogP contribution in [0.1, 0.15) is 23.2 Å². The second-order valence-electron chi connectivity index (χ2n) is 3.14. The maximum Gasteiger partial charge on any atom is 0.254 e. The minimum Gasteiger partial charge on any atom is -0.352 e. The van der Waals surface area contributed by atoms with Crippen LogP contribution in [-0.2, 0) is 0 Å². The van der Waals surface area contributed by atoms with Crippen molar-refractivity contribution in [2.75, 3.05) is 6.54 Å². The molecule has 0 saturated carbocycles. The predicted octanol–water partition coefficient (Wildman–Crippen LogP) is 2.00. The van der Waals surface area contributed by atoms with Gasteiger partial charge in [-0.15, -0.1) is 0 Å². The highest BCUT2D eigenvalue weighted by Gasteiger charge is 2.11. The lowest BCUT2D eigenvalue weighted by Crippen LogP contribution is -2.25. The van der Waals surface area contributed by atoms with E-state index in [0.717, 1.165) is 12.1 Å². The molecule has 0 aliphatic heterocycles. The zero-order valence-electron chi connectivity index (χ0n) is 8.46. The fourth-order valence-electron chi connectivity index (χ4n) is 1.14. The summed E-state index contributed by atoms with van der Waals surface area (Å²) in [5, 5.41) is 10.7. The smallest absolute Gasteiger partial charge is 0.254 e. The Labute approximate surface area is 91.7 Å². The van der Waals surface area contributed by atoms with E-state index in [1.54, 1.807) is 0 Å². The van der Waals surface area contributed by atoms with E-state index in [2.05, 4.69) is 5.32 Å². The van der Waals surface area contributed by atoms with Crippen LogP contribution in [0.3, 0.4) is 0 Å². The lowest BCUT2D eigenvalue weighted by atomic mass is 10.2. The highest BCUT2D eigenvalue weighted by atomic mass is 19.1. The number of hydrogen-bond acceptors (Lipinski definition) is 2. The zero-order chi connectivity index (χ0) is 12.0. The van der Waals surface area contributed by atoms with Crippen molar-refractivity contribution in [2.24, 2.45) is 0 Å². The van der Waals surface area contributed by atoms with Crippen LogP contribution in [0.5, 0.6) is 0 Å². The van der Waals surface area contributed by atoms with Crippen molar-refractivity contribution in [3.8, 4) is 6.07 Å². The van der Waals surface area contributed by atoms with Crippen LogP contribution in [0.4, 0.5) is 8.78 Å². The average molecular weight is 224 g/mol. The maximum absolute atomic E-state index is 13.1. The van der Waals surface area contributed by atoms with Crippen LogP contribution in [0, 0.1) is 23.0 Å². The summed E-state index contributed by atoms with van der Waals surface area (Å²) in [5.74, 6) is -2.22. The van der Waals surface area contributed by atoms with E-state index < -0.39 is 17.5 Å². The number of hydrogen-bond donors (Lipinski definition) is 1. The minimum absolute atomic E-state index is 0.196. The molecule has 1 aromatic rings. The number of benzene rings is 1. The van der Waals surface area contributed by atoms with Crippen molar-refractivity contribution >= 4 is 5.91 Å². The minimum atomic E-state index is -0.891. The number of unbranched alkanes of at least 4 members (excludes halogenated alkanes) is 1. The summed E-state index contributed by atoms with van der Waals surface area (Å²) in [6.07, 6.45) is 0.831. The first-order valence-electron chi connectivity index (χ1n) is 4.75. The molecule has 16 heavy (non-hydrogen) atoms. The number of amides is 1. The summed E-state index contributed by atoms with van der Waals surface area (Å²) < 4.78 is 25.7. The van der Waals surface area contributed by atoms with Gasteiger partial charge in [0, 0.05) is 19.0 Å². The number of carbonyl (C=O) groups is 1. The van der Waals surface area contributed by atoms with E-state index in [4.69, 9.17) is 5.26 Å². The number of nitrogens with one attached hydrogen (secondary N) is 1. The molecule has 1 N–H and O–H groups in total. The van der Waals surface area contributed by atoms with Gasteiger partial charge in [-0.1, -0.05) is 0 Å². The second kappa shape index (κ2) is 5.81. The number of halogens is 2. The third kappa shape index (κ3) is 3.31. The monoisotopic (exact) mass is 224 g/mol. The van der Waals surface area contributed by atoms with Crippen LogP contribution in [0.2, 0.25) is 0 Å². The van der Waals surface area contributed by atoms with Gasteiger partial charge in [-0.2, -0.15) is 5.26 Å². The predicted molar refractivity (Wildman–Crippen MR) is 53.5 cm³/mol. The Morgan fingerprint density at radius 1 is 1.44 bits per heavy atom. The third-order valence-electron chi connectivity index (χ3n) is 1.93. The molecule has 0 fully saturated rings. The molecule has 0 aliphatic rings. The van der Waals surface area contributed by atoms with Gasteiger partial charge in [-0.25, -0.2) is 8.78 Å². The van der Waals surface area contributed by atoms with Gasteiger partial charge >= 0.3 is 0 Å². The van der Waals surface area contributed by atoms with Crippen molar-refractivity contribution < 1.29 is 13.6 Å². The highest BCUT2D eigenvalue weighted by Crippen LogP contribution is 2.09. The molecule has 1 amide bonds. The molecule has 0 atom stereocenters. The van der Waals surface area contributed by atoms with E-state index in [-0.39, 0.29) is 5.56 Å². The molecule has 0 unspecified atom stereocenters. The van der Waals surface area contributed by atoms with E-state index in [9.17, 15) is 13.6 Å². The Balaban J connectivity index is 2.57. The SMILES string of the molecule is N#CCCCNC(=O)c1ccc(F)cc1F. The van der Waals surface area contributed by atoms with Gasteiger partial charge in [0.2, 0.25) is 0 Å². The van der Waals surface area contributed by atoms with Crippen LogP contribution < -0.4 is 5.32 Å². The summed E-state index contributed by atoms with van der Waals surface area (Å²) >= 11 is 0. The normalized spacial score (nSPS) is 9.56. The molecule has 1 aromatic carbocycles. The number of rotatable bonds is 4. The molecule has 0 saturated heterocycles. The fraction of sp³-hybridized carbons (Fsp3) is 0.273. The second-order valence-corrected chi connectivity index (χ2v) is 3.14. The Kier molecular flexibility index (Phi) is 4.40. The first-order chi connectivity index (χ1) is 7.65. The molecule has 0 aliphatic carbocycles. The lowest BCUT2D eigenvalue weighted by molar-refractivity contribution is 0.0949. The van der Waals surface area contributed by atoms with E-state index in [1.807, 2.05) is 6.07 Å². The molecule has 0 bridgehead atoms. The zero-order valence-corrected chi connectivity index (χ0v) is 8.46. The van der Waals surface area contributed by atoms with Crippen LogP contribution in [-0.4, -0.2) is 12.5 Å². The maximum atomic E-state index is 13.1. The van der Waals surface area contributed by atoms with E-state index in [1.165, 1.54) is 0 Å². The van der Waals surface area contributed by atoms with Crippen molar-refractivity contribution in [3.63, 3.8) is 0 Å². The summed E-state index contributed by atoms with van der Waals surface area (Å²) in [7, 11) is 0. The van der Waals surface area contributed by atoms with Gasteiger partial charge in [0.15, 0.2) is 0 Å². The molecule has 1 rings (SSSR count). The van der Waals surface area contributed by atoms with E-state index >= 15 is 0 Å². The van der Waals surface area contributed by atoms with Gasteiger partial charge in [-0.05, 0) is 18.6 Å². The molecular weight excluding hydrogens is 214 g/mol. The summed E-state index contributed by atoms with van der Waals surface area (Å²) in [6.45, 7) is 0.295. The van der Waals surface area contributed by atoms with Crippen LogP contribution in [0.15, 0.2) is 18.2 Å². The van der Waals surface area contributed by atoms with Gasteiger partial charge in [0.1, 0.15) is 11.6 Å². The summed E-state index contributed by atoms with van der Waals surface area (Å²) in [6, 6.07) is 4.69. The Morgan fingerprint density at radius 2 is 2.19 bits per heavy atom. The average Bonchev–Trinajstić information content (AvgIpc) is 2.24. The van der Waals surface area contributed by atoms with Crippen molar-refractivity contribution in [3.05, 3.63) is 35.4 Å². The summed E-state index contributed by atoms with van der Waals surface area (Å²) in [4.78, 5) is 11.4. The van der Waals surface area contributed by atoms with Crippen LogP contribution in [0.25, 0.3) is 0 Å². The molecule has 5 heteroatoms. The number of carbonyl (C=O) groups excluding carboxylic acids is 1. The Bertz CT molecular complexity index is 426. The van der Waals surface area contributed by atoms with Gasteiger partial charge in [0.25, 0.3) is 5.91 Å². The molecule has 0 heterocycles. The van der Waals surface area contributed by atoms with E-state index in [0.29, 0.717) is 25.5 Å². The van der Waals surface area contributed by atoms with Gasteiger partial charge in [-0.3, -0.25) is 4.79 Å². The van der Waals surface area contributed by atoms with Crippen LogP contribution >= 0.6 is 0 Å². The summed E-state index contributed by atoms with van der Waals surface area (Å²) in [5.41, 5.74) is -0.196. The molecular formula is C11H10F2N2O. The first kappa shape index (κ1) is 12.1. The number of nitriles is 1. The Hall–Kier alpha value is -1.96. The first-order valence-corrected chi connectivity index (χ1v) is 4.75. The Morgan fingerprint density at radius 3 is 2.81 bits per heavy atom. The lowest BCUT2D eigenvalue weighted by Gasteiger charge is -2.04. The van der Waals surface area contributed by atoms with Gasteiger partial charge in [0.05, 0.1) is 11.6 Å². The largest absolute Gasteiger partial charge is 0.352 e. The molecule has 84 valence electrons. The topological polar surface area (TPSA) is 52.9 Å². The molecule has 0 aromatic heterocycles. The van der Waals surface area contributed by atoms with Crippen molar-refractivity contribution in [1.29, 1.82) is 5.26 Å². The molecule has 0 spiro atoms. The number of nitrogens with zero attached hydrogens (tertiary/aromatic N) is 1. The molecule has 0 radical (unpaired) electrons. The van der Waals surface area contributed by atoms with Gasteiger partial charge < -0.3 is 5.32 Å². The van der Waals surface area contributed by atoms with Crippen molar-refractivity contribution in [2.45, 2.75) is 12.8 Å². The standard InChI is InChI=1S/C11H10F2N2O/c12-8-3-4-9(10(13)7-8)11(16)15-6-2-1-5-14/h3-4,7H,1-2,6H2,(H,15,16). The van der Waals surface area contributed by atoms with Crippen molar-refractivity contribution in [1.82, 2.24) is 5.32 Å². The highest BCUT2D eigenvalue weighted by molar-refractivity contribution is 5.94. The third-order valence-corrected chi connectivity index (χ3v) is 1.93. The quantitative estimate of drug-likeness (QED) is 0.795. The molecule has 3 nitrogen and oxygen atoms in total. The fourth-order valence-corrected chi connectivity index (χ4v) is 1.14.